The lowest BCUT2D eigenvalue weighted by atomic mass is 10.2. The molecule has 5 nitrogen and oxygen atoms in total. The maximum Gasteiger partial charge on any atom is 0.204 e. The molecular weight excluding hydrogens is 381 g/mol. The van der Waals surface area contributed by atoms with Crippen LogP contribution in [0.2, 0.25) is 10.0 Å². The van der Waals surface area contributed by atoms with Gasteiger partial charge in [0.1, 0.15) is 17.4 Å². The third kappa shape index (κ3) is 3.11. The van der Waals surface area contributed by atoms with Crippen LogP contribution in [0.15, 0.2) is 57.0 Å². The van der Waals surface area contributed by atoms with Crippen LogP contribution >= 0.6 is 34.5 Å². The molecule has 0 bridgehead atoms. The molecule has 8 heteroatoms. The zero-order chi connectivity index (χ0) is 17.4. The molecule has 0 atom stereocenters. The van der Waals surface area contributed by atoms with Crippen LogP contribution < -0.4 is 10.9 Å². The number of halogens is 2. The second-order valence-corrected chi connectivity index (χ2v) is 7.01. The summed E-state index contributed by atoms with van der Waals surface area (Å²) in [4.78, 5) is 16.8. The first-order valence-corrected chi connectivity index (χ1v) is 8.74. The lowest BCUT2D eigenvalue weighted by Crippen LogP contribution is -2.08. The number of nitrogens with zero attached hydrogens (tertiary/aromatic N) is 2. The van der Waals surface area contributed by atoms with E-state index in [4.69, 9.17) is 27.6 Å². The highest BCUT2D eigenvalue weighted by molar-refractivity contribution is 7.22. The van der Waals surface area contributed by atoms with Gasteiger partial charge in [-0.3, -0.25) is 10.2 Å². The Kier molecular flexibility index (Phi) is 4.17. The molecule has 4 aromatic rings. The average Bonchev–Trinajstić information content (AvgIpc) is 3.02. The second-order valence-electron chi connectivity index (χ2n) is 5.14. The standard InChI is InChI=1S/C17H9Cl2N3O2S/c18-10-4-5-13-11(6-10)16(23)9(8-24-13)7-20-22-17-21-15-12(19)2-1-3-14(15)25-17/h1-8H,(H,21,22). The van der Waals surface area contributed by atoms with Gasteiger partial charge in [0.05, 0.1) is 26.9 Å². The Hall–Kier alpha value is -2.41. The van der Waals surface area contributed by atoms with E-state index < -0.39 is 0 Å². The molecule has 0 unspecified atom stereocenters. The first-order chi connectivity index (χ1) is 12.1. The minimum atomic E-state index is -0.207. The Bertz CT molecular complexity index is 1180. The van der Waals surface area contributed by atoms with Crippen molar-refractivity contribution < 1.29 is 4.42 Å². The zero-order valence-electron chi connectivity index (χ0n) is 12.5. The number of rotatable bonds is 3. The Morgan fingerprint density at radius 3 is 2.96 bits per heavy atom. The largest absolute Gasteiger partial charge is 0.463 e. The molecule has 0 aliphatic rings. The highest BCUT2D eigenvalue weighted by Gasteiger charge is 2.07. The van der Waals surface area contributed by atoms with E-state index in [1.807, 2.05) is 12.1 Å². The van der Waals surface area contributed by atoms with Crippen molar-refractivity contribution in [1.82, 2.24) is 4.98 Å². The lowest BCUT2D eigenvalue weighted by molar-refractivity contribution is 0.601. The fourth-order valence-corrected chi connectivity index (χ4v) is 3.61. The van der Waals surface area contributed by atoms with Gasteiger partial charge in [-0.1, -0.05) is 40.6 Å². The SMILES string of the molecule is O=c1c(C=NNc2nc3c(Cl)cccc3s2)coc2ccc(Cl)cc12. The van der Waals surface area contributed by atoms with Crippen molar-refractivity contribution in [3.63, 3.8) is 0 Å². The number of hydrogen-bond donors (Lipinski definition) is 1. The number of hydrogen-bond acceptors (Lipinski definition) is 6. The minimum absolute atomic E-state index is 0.207. The summed E-state index contributed by atoms with van der Waals surface area (Å²) in [6.45, 7) is 0. The molecular formula is C17H9Cl2N3O2S. The first-order valence-electron chi connectivity index (χ1n) is 7.17. The maximum atomic E-state index is 12.4. The monoisotopic (exact) mass is 389 g/mol. The molecule has 0 saturated carbocycles. The summed E-state index contributed by atoms with van der Waals surface area (Å²) in [6.07, 6.45) is 2.75. The van der Waals surface area contributed by atoms with Crippen molar-refractivity contribution >= 4 is 67.1 Å². The predicted molar refractivity (Wildman–Crippen MR) is 103 cm³/mol. The van der Waals surface area contributed by atoms with Gasteiger partial charge in [-0.2, -0.15) is 5.10 Å². The first kappa shape index (κ1) is 16.1. The van der Waals surface area contributed by atoms with Gasteiger partial charge >= 0.3 is 0 Å². The van der Waals surface area contributed by atoms with Gasteiger partial charge in [-0.05, 0) is 30.3 Å². The van der Waals surface area contributed by atoms with Crippen LogP contribution in [0.3, 0.4) is 0 Å². The van der Waals surface area contributed by atoms with E-state index >= 15 is 0 Å². The van der Waals surface area contributed by atoms with Gasteiger partial charge in [-0.25, -0.2) is 4.98 Å². The van der Waals surface area contributed by atoms with Gasteiger partial charge in [-0.15, -0.1) is 0 Å². The van der Waals surface area contributed by atoms with Crippen molar-refractivity contribution in [3.05, 3.63) is 68.5 Å². The Balaban J connectivity index is 1.63. The molecule has 0 aliphatic carbocycles. The summed E-state index contributed by atoms with van der Waals surface area (Å²) >= 11 is 13.5. The van der Waals surface area contributed by atoms with E-state index in [-0.39, 0.29) is 5.43 Å². The topological polar surface area (TPSA) is 67.5 Å². The third-order valence-electron chi connectivity index (χ3n) is 3.49. The van der Waals surface area contributed by atoms with Crippen LogP contribution in [0, 0.1) is 0 Å². The van der Waals surface area contributed by atoms with Gasteiger partial charge in [0.2, 0.25) is 10.6 Å². The van der Waals surface area contributed by atoms with Crippen LogP contribution in [0.1, 0.15) is 5.56 Å². The molecule has 2 heterocycles. The summed E-state index contributed by atoms with van der Waals surface area (Å²) in [7, 11) is 0. The molecule has 0 fully saturated rings. The smallest absolute Gasteiger partial charge is 0.204 e. The van der Waals surface area contributed by atoms with Crippen molar-refractivity contribution in [2.24, 2.45) is 5.10 Å². The van der Waals surface area contributed by atoms with Crippen molar-refractivity contribution in [3.8, 4) is 0 Å². The summed E-state index contributed by atoms with van der Waals surface area (Å²) in [5, 5.41) is 6.10. The van der Waals surface area contributed by atoms with E-state index in [0.29, 0.717) is 37.2 Å². The molecule has 2 aromatic carbocycles. The second kappa shape index (κ2) is 6.48. The van der Waals surface area contributed by atoms with Crippen molar-refractivity contribution in [2.45, 2.75) is 0 Å². The van der Waals surface area contributed by atoms with Crippen LogP contribution in [-0.4, -0.2) is 11.2 Å². The number of benzene rings is 2. The Morgan fingerprint density at radius 1 is 1.24 bits per heavy atom. The van der Waals surface area contributed by atoms with Crippen LogP contribution in [-0.2, 0) is 0 Å². The highest BCUT2D eigenvalue weighted by Crippen LogP contribution is 2.30. The van der Waals surface area contributed by atoms with E-state index in [1.165, 1.54) is 23.8 Å². The Morgan fingerprint density at radius 2 is 2.12 bits per heavy atom. The summed E-state index contributed by atoms with van der Waals surface area (Å²) in [5.41, 5.74) is 4.10. The van der Waals surface area contributed by atoms with E-state index in [0.717, 1.165) is 4.70 Å². The predicted octanol–water partition coefficient (Wildman–Crippen LogP) is 5.16. The highest BCUT2D eigenvalue weighted by atomic mass is 35.5. The number of nitrogens with one attached hydrogen (secondary N) is 1. The van der Waals surface area contributed by atoms with E-state index in [2.05, 4.69) is 15.5 Å². The van der Waals surface area contributed by atoms with Gasteiger partial charge < -0.3 is 4.42 Å². The minimum Gasteiger partial charge on any atom is -0.463 e. The van der Waals surface area contributed by atoms with Crippen molar-refractivity contribution in [2.75, 3.05) is 5.43 Å². The van der Waals surface area contributed by atoms with Crippen LogP contribution in [0.25, 0.3) is 21.2 Å². The van der Waals surface area contributed by atoms with Crippen LogP contribution in [0.5, 0.6) is 0 Å². The molecule has 0 aliphatic heterocycles. The van der Waals surface area contributed by atoms with Gasteiger partial charge in [0, 0.05) is 5.02 Å². The van der Waals surface area contributed by atoms with E-state index in [1.54, 1.807) is 24.3 Å². The van der Waals surface area contributed by atoms with Crippen LogP contribution in [0.4, 0.5) is 5.13 Å². The fourth-order valence-electron chi connectivity index (χ4n) is 2.33. The molecule has 4 rings (SSSR count). The number of anilines is 1. The number of para-hydroxylation sites is 1. The lowest BCUT2D eigenvalue weighted by Gasteiger charge is -1.99. The molecule has 0 saturated heterocycles. The summed E-state index contributed by atoms with van der Waals surface area (Å²) in [5.74, 6) is 0. The summed E-state index contributed by atoms with van der Waals surface area (Å²) < 4.78 is 6.39. The number of thiazole rings is 1. The Labute approximate surface area is 155 Å². The van der Waals surface area contributed by atoms with Crippen molar-refractivity contribution in [1.29, 1.82) is 0 Å². The van der Waals surface area contributed by atoms with Gasteiger partial charge in [0.25, 0.3) is 0 Å². The average molecular weight is 390 g/mol. The van der Waals surface area contributed by atoms with Gasteiger partial charge in [0.15, 0.2) is 0 Å². The third-order valence-corrected chi connectivity index (χ3v) is 4.96. The fraction of sp³-hybridized carbons (Fsp3) is 0. The quantitative estimate of drug-likeness (QED) is 0.388. The molecule has 0 amide bonds. The molecule has 1 N–H and O–H groups in total. The normalized spacial score (nSPS) is 11.6. The molecule has 124 valence electrons. The molecule has 2 aromatic heterocycles. The molecule has 0 spiro atoms. The molecule has 0 radical (unpaired) electrons. The number of hydrazone groups is 1. The maximum absolute atomic E-state index is 12.4. The zero-order valence-corrected chi connectivity index (χ0v) is 14.8. The number of fused-ring (bicyclic) bond motifs is 2. The molecule has 25 heavy (non-hydrogen) atoms. The summed E-state index contributed by atoms with van der Waals surface area (Å²) in [6, 6.07) is 10.5. The van der Waals surface area contributed by atoms with E-state index in [9.17, 15) is 4.79 Å². The number of aromatic nitrogens is 1.